The Morgan fingerprint density at radius 2 is 1.85 bits per heavy atom. The van der Waals surface area contributed by atoms with E-state index in [9.17, 15) is 4.79 Å². The Bertz CT molecular complexity index is 710. The number of rotatable bonds is 4. The lowest BCUT2D eigenvalue weighted by molar-refractivity contribution is -0.135. The third-order valence-corrected chi connectivity index (χ3v) is 8.98. The molecule has 6 rings (SSSR count). The van der Waals surface area contributed by atoms with Crippen molar-refractivity contribution in [3.63, 3.8) is 0 Å². The van der Waals surface area contributed by atoms with E-state index in [1.165, 1.54) is 24.8 Å². The van der Waals surface area contributed by atoms with Gasteiger partial charge in [-0.05, 0) is 92.6 Å². The average Bonchev–Trinajstić information content (AvgIpc) is 3.07. The number of benzene rings is 1. The molecule has 1 aromatic carbocycles. The highest BCUT2D eigenvalue weighted by atomic mass is 16.2. The molecule has 1 aromatic rings. The maximum atomic E-state index is 13.5. The van der Waals surface area contributed by atoms with Crippen LogP contribution in [-0.4, -0.2) is 18.5 Å². The lowest BCUT2D eigenvalue weighted by Gasteiger charge is -2.42. The lowest BCUT2D eigenvalue weighted by atomic mass is 9.63. The topological polar surface area (TPSA) is 55.1 Å². The Kier molecular flexibility index (Phi) is 4.16. The van der Waals surface area contributed by atoms with Gasteiger partial charge in [-0.2, -0.15) is 0 Å². The van der Waals surface area contributed by atoms with Gasteiger partial charge in [-0.3, -0.25) is 4.79 Å². The SMILES string of the molecule is CC1C2CC3(C(=O)N[C@H]4CC[C@H](CN)CC4)CC1C(c1ccccc1)(C2)C3. The second-order valence-electron chi connectivity index (χ2n) is 10.2. The monoisotopic (exact) mass is 366 g/mol. The summed E-state index contributed by atoms with van der Waals surface area (Å²) in [6.45, 7) is 3.24. The highest BCUT2D eigenvalue weighted by Gasteiger charge is 2.69. The van der Waals surface area contributed by atoms with Crippen LogP contribution in [0.25, 0.3) is 0 Å². The largest absolute Gasteiger partial charge is 0.353 e. The highest BCUT2D eigenvalue weighted by Crippen LogP contribution is 2.72. The molecule has 4 bridgehead atoms. The van der Waals surface area contributed by atoms with Gasteiger partial charge in [0.1, 0.15) is 0 Å². The van der Waals surface area contributed by atoms with Crippen molar-refractivity contribution in [2.75, 3.05) is 6.54 Å². The van der Waals surface area contributed by atoms with Gasteiger partial charge in [0.05, 0.1) is 5.41 Å². The number of carbonyl (C=O) groups excluding carboxylic acids is 1. The smallest absolute Gasteiger partial charge is 0.226 e. The summed E-state index contributed by atoms with van der Waals surface area (Å²) in [6, 6.07) is 11.5. The van der Waals surface area contributed by atoms with Gasteiger partial charge in [0.2, 0.25) is 5.91 Å². The molecule has 5 aliphatic rings. The number of nitrogens with one attached hydrogen (secondary N) is 1. The second-order valence-corrected chi connectivity index (χ2v) is 10.2. The molecule has 0 heterocycles. The van der Waals surface area contributed by atoms with Crippen molar-refractivity contribution in [3.8, 4) is 0 Å². The van der Waals surface area contributed by atoms with E-state index in [1.807, 2.05) is 0 Å². The van der Waals surface area contributed by atoms with Crippen molar-refractivity contribution in [1.82, 2.24) is 5.32 Å². The van der Waals surface area contributed by atoms with Crippen molar-refractivity contribution < 1.29 is 4.79 Å². The molecule has 3 nitrogen and oxygen atoms in total. The Morgan fingerprint density at radius 3 is 2.56 bits per heavy atom. The van der Waals surface area contributed by atoms with E-state index in [0.29, 0.717) is 23.8 Å². The molecular formula is C24H34N2O. The minimum atomic E-state index is -0.110. The Labute approximate surface area is 163 Å². The predicted molar refractivity (Wildman–Crippen MR) is 108 cm³/mol. The van der Waals surface area contributed by atoms with Crippen LogP contribution < -0.4 is 11.1 Å². The molecule has 5 atom stereocenters. The van der Waals surface area contributed by atoms with E-state index in [2.05, 4.69) is 42.6 Å². The van der Waals surface area contributed by atoms with Crippen LogP contribution in [0.4, 0.5) is 0 Å². The summed E-state index contributed by atoms with van der Waals surface area (Å²) >= 11 is 0. The van der Waals surface area contributed by atoms with E-state index in [4.69, 9.17) is 5.73 Å². The van der Waals surface area contributed by atoms with E-state index < -0.39 is 0 Å². The third kappa shape index (κ3) is 2.61. The zero-order valence-electron chi connectivity index (χ0n) is 16.6. The summed E-state index contributed by atoms with van der Waals surface area (Å²) < 4.78 is 0. The lowest BCUT2D eigenvalue weighted by Crippen LogP contribution is -2.49. The summed E-state index contributed by atoms with van der Waals surface area (Å²) in [4.78, 5) is 13.5. The van der Waals surface area contributed by atoms with Crippen LogP contribution in [-0.2, 0) is 10.2 Å². The van der Waals surface area contributed by atoms with Crippen LogP contribution in [0.5, 0.6) is 0 Å². The van der Waals surface area contributed by atoms with Gasteiger partial charge in [0, 0.05) is 6.04 Å². The maximum Gasteiger partial charge on any atom is 0.226 e. The molecule has 0 radical (unpaired) electrons. The van der Waals surface area contributed by atoms with Gasteiger partial charge in [0.15, 0.2) is 0 Å². The third-order valence-electron chi connectivity index (χ3n) is 8.98. The van der Waals surface area contributed by atoms with Crippen LogP contribution in [0, 0.1) is 29.1 Å². The molecule has 0 aliphatic heterocycles. The first kappa shape index (κ1) is 17.7. The zero-order valence-corrected chi connectivity index (χ0v) is 16.6. The van der Waals surface area contributed by atoms with Crippen LogP contribution in [0.3, 0.4) is 0 Å². The Balaban J connectivity index is 1.36. The predicted octanol–water partition coefficient (Wildman–Crippen LogP) is 4.01. The van der Waals surface area contributed by atoms with Gasteiger partial charge in [-0.1, -0.05) is 37.3 Å². The first-order valence-corrected chi connectivity index (χ1v) is 11.1. The molecule has 5 fully saturated rings. The van der Waals surface area contributed by atoms with E-state index in [-0.39, 0.29) is 10.8 Å². The standard InChI is InChI=1S/C24H34N2O/c1-16-18-11-23(22(27)26-20-9-7-17(14-25)8-10-20)13-21(16)24(12-18,15-23)19-5-3-2-4-6-19/h2-6,16-18,20-21H,7-15,25H2,1H3,(H,26,27)/t16?,17-,18?,20-,21?,23?,24?. The highest BCUT2D eigenvalue weighted by molar-refractivity contribution is 5.84. The first-order chi connectivity index (χ1) is 13.1. The summed E-state index contributed by atoms with van der Waals surface area (Å²) in [5.74, 6) is 3.19. The van der Waals surface area contributed by atoms with Gasteiger partial charge in [-0.25, -0.2) is 0 Å². The fourth-order valence-electron chi connectivity index (χ4n) is 7.58. The van der Waals surface area contributed by atoms with Gasteiger partial charge in [-0.15, -0.1) is 0 Å². The molecule has 0 spiro atoms. The minimum Gasteiger partial charge on any atom is -0.353 e. The number of amides is 1. The van der Waals surface area contributed by atoms with Crippen molar-refractivity contribution in [1.29, 1.82) is 0 Å². The van der Waals surface area contributed by atoms with Crippen LogP contribution in [0.1, 0.15) is 63.9 Å². The Hall–Kier alpha value is -1.35. The van der Waals surface area contributed by atoms with Crippen molar-refractivity contribution >= 4 is 5.91 Å². The molecule has 5 unspecified atom stereocenters. The second kappa shape index (κ2) is 6.34. The number of nitrogens with two attached hydrogens (primary N) is 1. The van der Waals surface area contributed by atoms with E-state index in [1.54, 1.807) is 0 Å². The average molecular weight is 367 g/mol. The minimum absolute atomic E-state index is 0.110. The summed E-state index contributed by atoms with van der Waals surface area (Å²) in [5, 5.41) is 3.50. The molecule has 5 aliphatic carbocycles. The fourth-order valence-corrected chi connectivity index (χ4v) is 7.58. The molecule has 27 heavy (non-hydrogen) atoms. The summed E-state index contributed by atoms with van der Waals surface area (Å²) in [5.41, 5.74) is 7.46. The molecule has 1 amide bonds. The summed E-state index contributed by atoms with van der Waals surface area (Å²) in [7, 11) is 0. The first-order valence-electron chi connectivity index (χ1n) is 11.1. The van der Waals surface area contributed by atoms with Crippen LogP contribution >= 0.6 is 0 Å². The number of hydrogen-bond donors (Lipinski definition) is 2. The summed E-state index contributed by atoms with van der Waals surface area (Å²) in [6.07, 6.45) is 9.13. The number of carbonyl (C=O) groups is 1. The quantitative estimate of drug-likeness (QED) is 0.846. The normalized spacial score (nSPS) is 45.2. The van der Waals surface area contributed by atoms with Gasteiger partial charge >= 0.3 is 0 Å². The van der Waals surface area contributed by atoms with Crippen molar-refractivity contribution in [2.24, 2.45) is 34.8 Å². The molecule has 5 saturated carbocycles. The molecular weight excluding hydrogens is 332 g/mol. The maximum absolute atomic E-state index is 13.5. The fraction of sp³-hybridized carbons (Fsp3) is 0.708. The van der Waals surface area contributed by atoms with Crippen molar-refractivity contribution in [3.05, 3.63) is 35.9 Å². The molecule has 0 saturated heterocycles. The van der Waals surface area contributed by atoms with E-state index in [0.717, 1.165) is 50.5 Å². The Morgan fingerprint density at radius 1 is 1.11 bits per heavy atom. The molecule has 146 valence electrons. The molecule has 3 N–H and O–H groups in total. The van der Waals surface area contributed by atoms with Crippen molar-refractivity contribution in [2.45, 2.75) is 69.7 Å². The molecule has 0 aromatic heterocycles. The van der Waals surface area contributed by atoms with Crippen LogP contribution in [0.15, 0.2) is 30.3 Å². The number of hydrogen-bond acceptors (Lipinski definition) is 2. The zero-order chi connectivity index (χ0) is 18.6. The van der Waals surface area contributed by atoms with E-state index >= 15 is 0 Å². The molecule has 3 heteroatoms. The van der Waals surface area contributed by atoms with Gasteiger partial charge < -0.3 is 11.1 Å². The van der Waals surface area contributed by atoms with Gasteiger partial charge in [0.25, 0.3) is 0 Å². The van der Waals surface area contributed by atoms with Crippen LogP contribution in [0.2, 0.25) is 0 Å².